The van der Waals surface area contributed by atoms with Crippen molar-refractivity contribution in [2.75, 3.05) is 19.9 Å². The minimum absolute atomic E-state index is 0.0263. The van der Waals surface area contributed by atoms with E-state index in [1.165, 1.54) is 0 Å². The lowest BCUT2D eigenvalue weighted by atomic mass is 10.1. The lowest BCUT2D eigenvalue weighted by Crippen LogP contribution is -2.45. The molecule has 1 aromatic carbocycles. The molecule has 0 aliphatic carbocycles. The lowest BCUT2D eigenvalue weighted by molar-refractivity contribution is -0.131. The highest BCUT2D eigenvalue weighted by Gasteiger charge is 2.25. The number of benzene rings is 1. The van der Waals surface area contributed by atoms with Gasteiger partial charge < -0.3 is 19.7 Å². The van der Waals surface area contributed by atoms with Crippen molar-refractivity contribution in [3.8, 4) is 11.5 Å². The maximum Gasteiger partial charge on any atom is 0.252 e. The SMILES string of the molecule is C[C@H](NC(=O)c1ccc2c(c1)OCO2)C(=O)N1CCCC1. The predicted octanol–water partition coefficient (Wildman–Crippen LogP) is 1.16. The third-order valence-electron chi connectivity index (χ3n) is 3.77. The number of fused-ring (bicyclic) bond motifs is 1. The summed E-state index contributed by atoms with van der Waals surface area (Å²) in [6.07, 6.45) is 2.07. The number of rotatable bonds is 3. The molecule has 2 heterocycles. The zero-order valence-corrected chi connectivity index (χ0v) is 11.9. The monoisotopic (exact) mass is 290 g/mol. The van der Waals surface area contributed by atoms with E-state index in [2.05, 4.69) is 5.32 Å². The van der Waals surface area contributed by atoms with Crippen molar-refractivity contribution in [2.45, 2.75) is 25.8 Å². The molecule has 1 saturated heterocycles. The van der Waals surface area contributed by atoms with Gasteiger partial charge in [-0.25, -0.2) is 0 Å². The molecule has 112 valence electrons. The molecular formula is C15H18N2O4. The fraction of sp³-hybridized carbons (Fsp3) is 0.467. The summed E-state index contributed by atoms with van der Waals surface area (Å²) in [6.45, 7) is 3.45. The Kier molecular flexibility index (Phi) is 3.68. The van der Waals surface area contributed by atoms with Crippen LogP contribution in [0.1, 0.15) is 30.1 Å². The Hall–Kier alpha value is -2.24. The summed E-state index contributed by atoms with van der Waals surface area (Å²) in [5, 5.41) is 2.74. The highest BCUT2D eigenvalue weighted by atomic mass is 16.7. The maximum absolute atomic E-state index is 12.2. The fourth-order valence-corrected chi connectivity index (χ4v) is 2.59. The number of nitrogens with one attached hydrogen (secondary N) is 1. The van der Waals surface area contributed by atoms with Gasteiger partial charge in [-0.15, -0.1) is 0 Å². The Morgan fingerprint density at radius 2 is 1.90 bits per heavy atom. The second kappa shape index (κ2) is 5.63. The van der Waals surface area contributed by atoms with Crippen molar-refractivity contribution in [1.82, 2.24) is 10.2 Å². The lowest BCUT2D eigenvalue weighted by Gasteiger charge is -2.21. The van der Waals surface area contributed by atoms with Crippen LogP contribution in [0, 0.1) is 0 Å². The van der Waals surface area contributed by atoms with Crippen LogP contribution in [0.25, 0.3) is 0 Å². The number of likely N-dealkylation sites (tertiary alicyclic amines) is 1. The van der Waals surface area contributed by atoms with Gasteiger partial charge in [0.15, 0.2) is 11.5 Å². The molecule has 1 fully saturated rings. The van der Waals surface area contributed by atoms with Crippen molar-refractivity contribution < 1.29 is 19.1 Å². The zero-order valence-electron chi connectivity index (χ0n) is 11.9. The van der Waals surface area contributed by atoms with Gasteiger partial charge in [0, 0.05) is 18.7 Å². The number of hydrogen-bond donors (Lipinski definition) is 1. The van der Waals surface area contributed by atoms with Crippen LogP contribution in [0.4, 0.5) is 0 Å². The zero-order chi connectivity index (χ0) is 14.8. The Labute approximate surface area is 123 Å². The van der Waals surface area contributed by atoms with Gasteiger partial charge in [0.2, 0.25) is 12.7 Å². The van der Waals surface area contributed by atoms with Crippen LogP contribution in [0.2, 0.25) is 0 Å². The van der Waals surface area contributed by atoms with Gasteiger partial charge in [0.05, 0.1) is 0 Å². The van der Waals surface area contributed by atoms with Crippen molar-refractivity contribution >= 4 is 11.8 Å². The number of nitrogens with zero attached hydrogens (tertiary/aromatic N) is 1. The summed E-state index contributed by atoms with van der Waals surface area (Å²) >= 11 is 0. The molecule has 0 unspecified atom stereocenters. The Balaban J connectivity index is 1.64. The minimum atomic E-state index is -0.527. The van der Waals surface area contributed by atoms with Gasteiger partial charge >= 0.3 is 0 Å². The summed E-state index contributed by atoms with van der Waals surface area (Å²) in [5.41, 5.74) is 0.459. The van der Waals surface area contributed by atoms with E-state index < -0.39 is 6.04 Å². The van der Waals surface area contributed by atoms with E-state index in [4.69, 9.17) is 9.47 Å². The van der Waals surface area contributed by atoms with Crippen LogP contribution < -0.4 is 14.8 Å². The molecule has 21 heavy (non-hydrogen) atoms. The summed E-state index contributed by atoms with van der Waals surface area (Å²) < 4.78 is 10.5. The minimum Gasteiger partial charge on any atom is -0.454 e. The Bertz CT molecular complexity index is 567. The topological polar surface area (TPSA) is 67.9 Å². The summed E-state index contributed by atoms with van der Waals surface area (Å²) in [7, 11) is 0. The molecule has 0 spiro atoms. The third-order valence-corrected chi connectivity index (χ3v) is 3.77. The van der Waals surface area contributed by atoms with E-state index in [-0.39, 0.29) is 18.6 Å². The molecule has 1 atom stereocenters. The standard InChI is InChI=1S/C15H18N2O4/c1-10(15(19)17-6-2-3-7-17)16-14(18)11-4-5-12-13(8-11)21-9-20-12/h4-5,8,10H,2-3,6-7,9H2,1H3,(H,16,18)/t10-/m0/s1. The molecule has 0 saturated carbocycles. The highest BCUT2D eigenvalue weighted by molar-refractivity contribution is 5.98. The molecule has 2 aliphatic rings. The molecule has 2 aliphatic heterocycles. The van der Waals surface area contributed by atoms with Gasteiger partial charge in [0.1, 0.15) is 6.04 Å². The number of amides is 2. The molecule has 3 rings (SSSR count). The number of ether oxygens (including phenoxy) is 2. The first-order valence-electron chi connectivity index (χ1n) is 7.14. The fourth-order valence-electron chi connectivity index (χ4n) is 2.59. The molecule has 1 aromatic rings. The first kappa shape index (κ1) is 13.7. The molecule has 0 aromatic heterocycles. The Morgan fingerprint density at radius 3 is 2.67 bits per heavy atom. The smallest absolute Gasteiger partial charge is 0.252 e. The van der Waals surface area contributed by atoms with Crippen molar-refractivity contribution in [3.63, 3.8) is 0 Å². The quantitative estimate of drug-likeness (QED) is 0.907. The maximum atomic E-state index is 12.2. The molecule has 0 bridgehead atoms. The first-order valence-corrected chi connectivity index (χ1v) is 7.14. The third kappa shape index (κ3) is 2.79. The van der Waals surface area contributed by atoms with Crippen molar-refractivity contribution in [1.29, 1.82) is 0 Å². The van der Waals surface area contributed by atoms with Gasteiger partial charge in [-0.1, -0.05) is 0 Å². The average molecular weight is 290 g/mol. The first-order chi connectivity index (χ1) is 10.1. The van der Waals surface area contributed by atoms with Crippen LogP contribution in [-0.2, 0) is 4.79 Å². The molecule has 1 N–H and O–H groups in total. The second-order valence-corrected chi connectivity index (χ2v) is 5.30. The van der Waals surface area contributed by atoms with Crippen LogP contribution >= 0.6 is 0 Å². The normalized spacial score (nSPS) is 17.7. The van der Waals surface area contributed by atoms with E-state index in [0.717, 1.165) is 25.9 Å². The Morgan fingerprint density at radius 1 is 1.19 bits per heavy atom. The van der Waals surface area contributed by atoms with E-state index in [1.807, 2.05) is 0 Å². The van der Waals surface area contributed by atoms with Gasteiger partial charge in [-0.2, -0.15) is 0 Å². The van der Waals surface area contributed by atoms with Crippen LogP contribution in [0.3, 0.4) is 0 Å². The number of hydrogen-bond acceptors (Lipinski definition) is 4. The van der Waals surface area contributed by atoms with Gasteiger partial charge in [-0.05, 0) is 38.0 Å². The number of carbonyl (C=O) groups is 2. The summed E-state index contributed by atoms with van der Waals surface area (Å²) in [4.78, 5) is 26.2. The average Bonchev–Trinajstić information content (AvgIpc) is 3.16. The summed E-state index contributed by atoms with van der Waals surface area (Å²) in [6, 6.07) is 4.46. The van der Waals surface area contributed by atoms with Gasteiger partial charge in [0.25, 0.3) is 5.91 Å². The van der Waals surface area contributed by atoms with Crippen LogP contribution in [0.15, 0.2) is 18.2 Å². The van der Waals surface area contributed by atoms with Crippen LogP contribution in [0.5, 0.6) is 11.5 Å². The molecule has 6 heteroatoms. The predicted molar refractivity (Wildman–Crippen MR) is 75.3 cm³/mol. The molecular weight excluding hydrogens is 272 g/mol. The van der Waals surface area contributed by atoms with E-state index >= 15 is 0 Å². The largest absolute Gasteiger partial charge is 0.454 e. The van der Waals surface area contributed by atoms with Gasteiger partial charge in [-0.3, -0.25) is 9.59 Å². The number of carbonyl (C=O) groups excluding carboxylic acids is 2. The van der Waals surface area contributed by atoms with E-state index in [9.17, 15) is 9.59 Å². The molecule has 0 radical (unpaired) electrons. The molecule has 6 nitrogen and oxygen atoms in total. The highest BCUT2D eigenvalue weighted by Crippen LogP contribution is 2.32. The van der Waals surface area contributed by atoms with Crippen molar-refractivity contribution in [2.24, 2.45) is 0 Å². The second-order valence-electron chi connectivity index (χ2n) is 5.30. The van der Waals surface area contributed by atoms with E-state index in [1.54, 1.807) is 30.0 Å². The van der Waals surface area contributed by atoms with Crippen molar-refractivity contribution in [3.05, 3.63) is 23.8 Å². The summed E-state index contributed by atoms with van der Waals surface area (Å²) in [5.74, 6) is 0.879. The van der Waals surface area contributed by atoms with Crippen LogP contribution in [-0.4, -0.2) is 42.6 Å². The van der Waals surface area contributed by atoms with E-state index in [0.29, 0.717) is 17.1 Å². The molecule has 2 amide bonds.